The average molecular weight is 457 g/mol. The third kappa shape index (κ3) is 7.52. The minimum absolute atomic E-state index is 0.113. The van der Waals surface area contributed by atoms with E-state index in [0.717, 1.165) is 11.4 Å². The van der Waals surface area contributed by atoms with Gasteiger partial charge in [0.1, 0.15) is 0 Å². The van der Waals surface area contributed by atoms with Crippen molar-refractivity contribution in [3.05, 3.63) is 45.2 Å². The molecule has 1 aromatic carbocycles. The van der Waals surface area contributed by atoms with E-state index in [4.69, 9.17) is 27.9 Å². The van der Waals surface area contributed by atoms with Gasteiger partial charge in [0.15, 0.2) is 17.5 Å². The smallest absolute Gasteiger partial charge is 0.343 e. The van der Waals surface area contributed by atoms with Crippen molar-refractivity contribution in [1.82, 2.24) is 15.4 Å². The summed E-state index contributed by atoms with van der Waals surface area (Å²) in [4.78, 5) is 31.6. The van der Waals surface area contributed by atoms with Gasteiger partial charge < -0.3 is 9.47 Å². The van der Waals surface area contributed by atoms with Gasteiger partial charge in [0.25, 0.3) is 5.91 Å². The van der Waals surface area contributed by atoms with E-state index in [0.29, 0.717) is 10.7 Å². The Bertz CT molecular complexity index is 897. The molecule has 0 saturated heterocycles. The first-order valence-electron chi connectivity index (χ1n) is 8.24. The molecule has 0 bridgehead atoms. The number of hydrogen-bond acceptors (Lipinski definition) is 8. The van der Waals surface area contributed by atoms with E-state index in [-0.39, 0.29) is 34.1 Å². The molecule has 0 aliphatic rings. The third-order valence-corrected chi connectivity index (χ3v) is 4.69. The second-order valence-corrected chi connectivity index (χ2v) is 7.45. The molecule has 0 aliphatic heterocycles. The SMILES string of the molecule is COC(=O)COc1c(Cl)cc(/C=N\NC(=O)CSc2nc(C)cc(C)n2)cc1Cl. The fourth-order valence-corrected chi connectivity index (χ4v) is 3.44. The van der Waals surface area contributed by atoms with Crippen molar-refractivity contribution in [1.29, 1.82) is 0 Å². The van der Waals surface area contributed by atoms with Crippen LogP contribution in [0.15, 0.2) is 28.5 Å². The summed E-state index contributed by atoms with van der Waals surface area (Å²) < 4.78 is 9.73. The first-order chi connectivity index (χ1) is 13.8. The van der Waals surface area contributed by atoms with Crippen molar-refractivity contribution in [2.45, 2.75) is 19.0 Å². The zero-order valence-corrected chi connectivity index (χ0v) is 18.2. The molecule has 8 nitrogen and oxygen atoms in total. The van der Waals surface area contributed by atoms with E-state index in [1.54, 1.807) is 0 Å². The normalized spacial score (nSPS) is 10.8. The first-order valence-corrected chi connectivity index (χ1v) is 9.98. The number of halogens is 2. The van der Waals surface area contributed by atoms with Crippen LogP contribution in [-0.4, -0.2) is 47.5 Å². The Morgan fingerprint density at radius 3 is 2.38 bits per heavy atom. The Morgan fingerprint density at radius 2 is 1.79 bits per heavy atom. The highest BCUT2D eigenvalue weighted by Crippen LogP contribution is 2.33. The summed E-state index contributed by atoms with van der Waals surface area (Å²) in [6.07, 6.45) is 1.39. The number of thioether (sulfide) groups is 1. The number of aromatic nitrogens is 2. The monoisotopic (exact) mass is 456 g/mol. The first kappa shape index (κ1) is 22.9. The van der Waals surface area contributed by atoms with Gasteiger partial charge in [0.2, 0.25) is 0 Å². The lowest BCUT2D eigenvalue weighted by Crippen LogP contribution is -2.19. The van der Waals surface area contributed by atoms with Gasteiger partial charge in [-0.1, -0.05) is 35.0 Å². The molecule has 11 heteroatoms. The summed E-state index contributed by atoms with van der Waals surface area (Å²) in [5.41, 5.74) is 4.62. The zero-order chi connectivity index (χ0) is 21.4. The molecular weight excluding hydrogens is 439 g/mol. The maximum atomic E-state index is 11.9. The highest BCUT2D eigenvalue weighted by Gasteiger charge is 2.12. The number of amides is 1. The zero-order valence-electron chi connectivity index (χ0n) is 15.9. The molecule has 0 aliphatic carbocycles. The van der Waals surface area contributed by atoms with Crippen LogP contribution in [0.25, 0.3) is 0 Å². The molecule has 154 valence electrons. The standard InChI is InChI=1S/C18H18Cl2N4O4S/c1-10-4-11(2)23-18(22-10)29-9-15(25)24-21-7-12-5-13(19)17(14(20)6-12)28-8-16(26)27-3/h4-7H,8-9H2,1-3H3,(H,24,25)/b21-7-. The maximum Gasteiger partial charge on any atom is 0.343 e. The van der Waals surface area contributed by atoms with Crippen LogP contribution in [-0.2, 0) is 14.3 Å². The number of esters is 1. The molecule has 0 radical (unpaired) electrons. The Hall–Kier alpha value is -2.36. The quantitative estimate of drug-likeness (QED) is 0.214. The Morgan fingerprint density at radius 1 is 1.17 bits per heavy atom. The van der Waals surface area contributed by atoms with Crippen LogP contribution in [0.3, 0.4) is 0 Å². The second kappa shape index (κ2) is 11.0. The lowest BCUT2D eigenvalue weighted by atomic mass is 10.2. The van der Waals surface area contributed by atoms with E-state index < -0.39 is 5.97 Å². The average Bonchev–Trinajstić information content (AvgIpc) is 2.64. The number of benzene rings is 1. The summed E-state index contributed by atoms with van der Waals surface area (Å²) in [5.74, 6) is -0.606. The molecule has 0 saturated carbocycles. The number of rotatable bonds is 8. The Labute approximate surface area is 182 Å². The molecule has 0 spiro atoms. The van der Waals surface area contributed by atoms with E-state index in [2.05, 4.69) is 25.2 Å². The van der Waals surface area contributed by atoms with Crippen LogP contribution in [0.4, 0.5) is 0 Å². The maximum absolute atomic E-state index is 11.9. The number of nitrogens with one attached hydrogen (secondary N) is 1. The number of aryl methyl sites for hydroxylation is 2. The number of carbonyl (C=O) groups is 2. The fraction of sp³-hybridized carbons (Fsp3) is 0.278. The molecule has 1 N–H and O–H groups in total. The summed E-state index contributed by atoms with van der Waals surface area (Å²) in [6.45, 7) is 3.41. The number of hydrogen-bond donors (Lipinski definition) is 1. The van der Waals surface area contributed by atoms with E-state index in [1.807, 2.05) is 19.9 Å². The van der Waals surface area contributed by atoms with Crippen molar-refractivity contribution in [3.63, 3.8) is 0 Å². The minimum Gasteiger partial charge on any atom is -0.479 e. The fourth-order valence-electron chi connectivity index (χ4n) is 2.08. The Kier molecular flexibility index (Phi) is 8.69. The van der Waals surface area contributed by atoms with E-state index in [1.165, 1.54) is 37.2 Å². The number of ether oxygens (including phenoxy) is 2. The minimum atomic E-state index is -0.561. The molecule has 2 aromatic rings. The topological polar surface area (TPSA) is 103 Å². The van der Waals surface area contributed by atoms with Gasteiger partial charge >= 0.3 is 5.97 Å². The molecule has 0 atom stereocenters. The molecule has 0 unspecified atom stereocenters. The van der Waals surface area contributed by atoms with Gasteiger partial charge in [-0.15, -0.1) is 0 Å². The highest BCUT2D eigenvalue weighted by molar-refractivity contribution is 7.99. The summed E-state index contributed by atoms with van der Waals surface area (Å²) >= 11 is 13.5. The molecule has 1 aromatic heterocycles. The van der Waals surface area contributed by atoms with Crippen LogP contribution >= 0.6 is 35.0 Å². The second-order valence-electron chi connectivity index (χ2n) is 5.69. The van der Waals surface area contributed by atoms with Gasteiger partial charge in [-0.05, 0) is 37.6 Å². The highest BCUT2D eigenvalue weighted by atomic mass is 35.5. The van der Waals surface area contributed by atoms with Crippen LogP contribution in [0.2, 0.25) is 10.0 Å². The van der Waals surface area contributed by atoms with E-state index >= 15 is 0 Å². The molecule has 2 rings (SSSR count). The predicted octanol–water partition coefficient (Wildman–Crippen LogP) is 3.19. The van der Waals surface area contributed by atoms with Crippen molar-refractivity contribution in [2.75, 3.05) is 19.5 Å². The van der Waals surface area contributed by atoms with Crippen molar-refractivity contribution in [2.24, 2.45) is 5.10 Å². The Balaban J connectivity index is 1.90. The van der Waals surface area contributed by atoms with Crippen LogP contribution in [0.1, 0.15) is 17.0 Å². The van der Waals surface area contributed by atoms with Crippen LogP contribution in [0.5, 0.6) is 5.75 Å². The lowest BCUT2D eigenvalue weighted by molar-refractivity contribution is -0.142. The molecular formula is C18H18Cl2N4O4S. The number of carbonyl (C=O) groups excluding carboxylic acids is 2. The summed E-state index contributed by atoms with van der Waals surface area (Å²) in [6, 6.07) is 4.93. The van der Waals surface area contributed by atoms with Crippen LogP contribution in [0, 0.1) is 13.8 Å². The number of methoxy groups -OCH3 is 1. The molecule has 29 heavy (non-hydrogen) atoms. The predicted molar refractivity (Wildman–Crippen MR) is 112 cm³/mol. The van der Waals surface area contributed by atoms with Gasteiger partial charge in [-0.2, -0.15) is 5.10 Å². The number of nitrogens with zero attached hydrogens (tertiary/aromatic N) is 3. The number of hydrazone groups is 1. The van der Waals surface area contributed by atoms with Gasteiger partial charge in [-0.25, -0.2) is 20.2 Å². The lowest BCUT2D eigenvalue weighted by Gasteiger charge is -2.09. The van der Waals surface area contributed by atoms with Crippen molar-refractivity contribution >= 4 is 53.1 Å². The molecule has 1 amide bonds. The van der Waals surface area contributed by atoms with Gasteiger partial charge in [0.05, 0.1) is 29.1 Å². The molecule has 1 heterocycles. The summed E-state index contributed by atoms with van der Waals surface area (Å²) in [7, 11) is 1.25. The summed E-state index contributed by atoms with van der Waals surface area (Å²) in [5, 5.41) is 4.79. The van der Waals surface area contributed by atoms with E-state index in [9.17, 15) is 9.59 Å². The third-order valence-electron chi connectivity index (χ3n) is 3.28. The van der Waals surface area contributed by atoms with Gasteiger partial charge in [0, 0.05) is 11.4 Å². The largest absolute Gasteiger partial charge is 0.479 e. The van der Waals surface area contributed by atoms with Gasteiger partial charge in [-0.3, -0.25) is 4.79 Å². The van der Waals surface area contributed by atoms with Crippen LogP contribution < -0.4 is 10.2 Å². The molecule has 0 fully saturated rings. The van der Waals surface area contributed by atoms with Crippen molar-refractivity contribution in [3.8, 4) is 5.75 Å². The van der Waals surface area contributed by atoms with Crippen molar-refractivity contribution < 1.29 is 19.1 Å².